The van der Waals surface area contributed by atoms with Gasteiger partial charge >= 0.3 is 0 Å². The summed E-state index contributed by atoms with van der Waals surface area (Å²) in [5, 5.41) is 0. The number of carbonyl (C=O) groups is 1. The van der Waals surface area contributed by atoms with Gasteiger partial charge in [-0.3, -0.25) is 9.78 Å². The van der Waals surface area contributed by atoms with Gasteiger partial charge in [-0.25, -0.2) is 8.78 Å². The Morgan fingerprint density at radius 2 is 1.95 bits per heavy atom. The summed E-state index contributed by atoms with van der Waals surface area (Å²) in [4.78, 5) is 16.0. The predicted octanol–water partition coefficient (Wildman–Crippen LogP) is 3.38. The lowest BCUT2D eigenvalue weighted by molar-refractivity contribution is 0.103. The monoisotopic (exact) mass is 277 g/mol. The Morgan fingerprint density at radius 3 is 2.60 bits per heavy atom. The number of hydrogen-bond acceptors (Lipinski definition) is 3. The molecule has 0 aliphatic rings. The number of ether oxygens (including phenoxy) is 1. The van der Waals surface area contributed by atoms with Gasteiger partial charge in [-0.05, 0) is 24.6 Å². The maximum atomic E-state index is 13.6. The number of nitrogens with zero attached hydrogens (tertiary/aromatic N) is 1. The van der Waals surface area contributed by atoms with Gasteiger partial charge in [0.2, 0.25) is 5.78 Å². The molecule has 0 fully saturated rings. The highest BCUT2D eigenvalue weighted by Gasteiger charge is 2.19. The zero-order valence-electron chi connectivity index (χ0n) is 10.9. The van der Waals surface area contributed by atoms with Crippen molar-refractivity contribution < 1.29 is 18.3 Å². The number of carbonyl (C=O) groups excluding carboxylic acids is 1. The molecule has 2 rings (SSSR count). The van der Waals surface area contributed by atoms with E-state index in [1.807, 2.05) is 6.92 Å². The minimum absolute atomic E-state index is 0.0857. The zero-order chi connectivity index (χ0) is 14.5. The van der Waals surface area contributed by atoms with E-state index < -0.39 is 23.0 Å². The van der Waals surface area contributed by atoms with E-state index in [9.17, 15) is 13.6 Å². The largest absolute Gasteiger partial charge is 0.492 e. The van der Waals surface area contributed by atoms with Gasteiger partial charge in [-0.1, -0.05) is 13.0 Å². The summed E-state index contributed by atoms with van der Waals surface area (Å²) in [7, 11) is 0. The highest BCUT2D eigenvalue weighted by atomic mass is 19.1. The van der Waals surface area contributed by atoms with Crippen LogP contribution in [0.3, 0.4) is 0 Å². The Labute approximate surface area is 115 Å². The lowest BCUT2D eigenvalue weighted by atomic mass is 10.0. The van der Waals surface area contributed by atoms with Crippen LogP contribution >= 0.6 is 0 Å². The van der Waals surface area contributed by atoms with Crippen LogP contribution in [0.1, 0.15) is 29.3 Å². The lowest BCUT2D eigenvalue weighted by Crippen LogP contribution is -2.08. The molecule has 0 saturated carbocycles. The van der Waals surface area contributed by atoms with Crippen molar-refractivity contribution in [3.63, 3.8) is 0 Å². The van der Waals surface area contributed by atoms with Crippen molar-refractivity contribution >= 4 is 5.78 Å². The first-order valence-electron chi connectivity index (χ1n) is 6.20. The molecular weight excluding hydrogens is 264 g/mol. The van der Waals surface area contributed by atoms with E-state index in [0.717, 1.165) is 18.6 Å². The van der Waals surface area contributed by atoms with Crippen molar-refractivity contribution in [2.45, 2.75) is 13.3 Å². The SMILES string of the molecule is CCCOc1cncc(C(=O)c2c(F)cccc2F)c1. The molecule has 104 valence electrons. The van der Waals surface area contributed by atoms with E-state index in [4.69, 9.17) is 4.74 Å². The van der Waals surface area contributed by atoms with Gasteiger partial charge in [-0.2, -0.15) is 0 Å². The van der Waals surface area contributed by atoms with Crippen molar-refractivity contribution in [1.29, 1.82) is 0 Å². The van der Waals surface area contributed by atoms with Crippen molar-refractivity contribution in [3.05, 3.63) is 59.4 Å². The molecule has 0 aliphatic heterocycles. The summed E-state index contributed by atoms with van der Waals surface area (Å²) in [5.74, 6) is -2.14. The molecular formula is C15H13F2NO2. The highest BCUT2D eigenvalue weighted by molar-refractivity contribution is 6.09. The van der Waals surface area contributed by atoms with Crippen LogP contribution in [0.5, 0.6) is 5.75 Å². The molecule has 1 aromatic carbocycles. The first-order chi connectivity index (χ1) is 9.63. The van der Waals surface area contributed by atoms with Crippen LogP contribution in [0.4, 0.5) is 8.78 Å². The molecule has 0 aliphatic carbocycles. The van der Waals surface area contributed by atoms with Crippen molar-refractivity contribution in [3.8, 4) is 5.75 Å². The number of benzene rings is 1. The van der Waals surface area contributed by atoms with E-state index >= 15 is 0 Å². The van der Waals surface area contributed by atoms with Gasteiger partial charge in [0.15, 0.2) is 0 Å². The molecule has 0 unspecified atom stereocenters. The maximum absolute atomic E-state index is 13.6. The lowest BCUT2D eigenvalue weighted by Gasteiger charge is -2.07. The van der Waals surface area contributed by atoms with Crippen LogP contribution in [0.25, 0.3) is 0 Å². The van der Waals surface area contributed by atoms with Gasteiger partial charge < -0.3 is 4.74 Å². The van der Waals surface area contributed by atoms with Crippen molar-refractivity contribution in [2.75, 3.05) is 6.61 Å². The van der Waals surface area contributed by atoms with Crippen LogP contribution in [0, 0.1) is 11.6 Å². The molecule has 1 aromatic heterocycles. The van der Waals surface area contributed by atoms with Crippen LogP contribution in [-0.4, -0.2) is 17.4 Å². The number of pyridine rings is 1. The first kappa shape index (κ1) is 14.1. The summed E-state index contributed by atoms with van der Waals surface area (Å²) < 4.78 is 32.5. The minimum Gasteiger partial charge on any atom is -0.492 e. The van der Waals surface area contributed by atoms with Crippen molar-refractivity contribution in [1.82, 2.24) is 4.98 Å². The fourth-order valence-electron chi connectivity index (χ4n) is 1.70. The number of aromatic nitrogens is 1. The molecule has 0 N–H and O–H groups in total. The average molecular weight is 277 g/mol. The quantitative estimate of drug-likeness (QED) is 0.786. The molecule has 0 bridgehead atoms. The minimum atomic E-state index is -0.894. The molecule has 0 atom stereocenters. The van der Waals surface area contributed by atoms with Crippen LogP contribution < -0.4 is 4.74 Å². The Balaban J connectivity index is 2.34. The topological polar surface area (TPSA) is 39.2 Å². The molecule has 20 heavy (non-hydrogen) atoms. The van der Waals surface area contributed by atoms with E-state index in [0.29, 0.717) is 12.4 Å². The summed E-state index contributed by atoms with van der Waals surface area (Å²) in [5.41, 5.74) is -0.496. The summed E-state index contributed by atoms with van der Waals surface area (Å²) >= 11 is 0. The Bertz CT molecular complexity index is 609. The second-order valence-corrected chi connectivity index (χ2v) is 4.18. The third-order valence-electron chi connectivity index (χ3n) is 2.64. The molecule has 2 aromatic rings. The molecule has 0 radical (unpaired) electrons. The second kappa shape index (κ2) is 6.23. The maximum Gasteiger partial charge on any atom is 0.200 e. The Hall–Kier alpha value is -2.30. The van der Waals surface area contributed by atoms with E-state index in [1.165, 1.54) is 24.5 Å². The highest BCUT2D eigenvalue weighted by Crippen LogP contribution is 2.19. The standard InChI is InChI=1S/C15H13F2NO2/c1-2-6-20-11-7-10(8-18-9-11)15(19)14-12(16)4-3-5-13(14)17/h3-5,7-9H,2,6H2,1H3. The number of hydrogen-bond donors (Lipinski definition) is 0. The molecule has 0 spiro atoms. The Morgan fingerprint density at radius 1 is 1.25 bits per heavy atom. The zero-order valence-corrected chi connectivity index (χ0v) is 10.9. The third-order valence-corrected chi connectivity index (χ3v) is 2.64. The van der Waals surface area contributed by atoms with Gasteiger partial charge in [0.1, 0.15) is 17.4 Å². The van der Waals surface area contributed by atoms with Crippen LogP contribution in [0.2, 0.25) is 0 Å². The number of ketones is 1. The van der Waals surface area contributed by atoms with Gasteiger partial charge in [0.05, 0.1) is 18.4 Å². The molecule has 0 saturated heterocycles. The summed E-state index contributed by atoms with van der Waals surface area (Å²) in [6.07, 6.45) is 3.51. The molecule has 3 nitrogen and oxygen atoms in total. The number of rotatable bonds is 5. The molecule has 1 heterocycles. The number of halogens is 2. The van der Waals surface area contributed by atoms with Gasteiger partial charge in [0.25, 0.3) is 0 Å². The first-order valence-corrected chi connectivity index (χ1v) is 6.20. The van der Waals surface area contributed by atoms with E-state index in [-0.39, 0.29) is 5.56 Å². The predicted molar refractivity (Wildman–Crippen MR) is 69.8 cm³/mol. The smallest absolute Gasteiger partial charge is 0.200 e. The van der Waals surface area contributed by atoms with Gasteiger partial charge in [-0.15, -0.1) is 0 Å². The fraction of sp³-hybridized carbons (Fsp3) is 0.200. The second-order valence-electron chi connectivity index (χ2n) is 4.18. The summed E-state index contributed by atoms with van der Waals surface area (Å²) in [6.45, 7) is 2.42. The third kappa shape index (κ3) is 2.99. The summed E-state index contributed by atoms with van der Waals surface area (Å²) in [6, 6.07) is 4.72. The normalized spacial score (nSPS) is 10.3. The van der Waals surface area contributed by atoms with Gasteiger partial charge in [0, 0.05) is 11.8 Å². The molecule has 5 heteroatoms. The average Bonchev–Trinajstić information content (AvgIpc) is 2.45. The van der Waals surface area contributed by atoms with Crippen LogP contribution in [0.15, 0.2) is 36.7 Å². The van der Waals surface area contributed by atoms with E-state index in [1.54, 1.807) is 0 Å². The Kier molecular flexibility index (Phi) is 4.40. The molecule has 0 amide bonds. The van der Waals surface area contributed by atoms with Crippen molar-refractivity contribution in [2.24, 2.45) is 0 Å². The van der Waals surface area contributed by atoms with Crippen LogP contribution in [-0.2, 0) is 0 Å². The van der Waals surface area contributed by atoms with E-state index in [2.05, 4.69) is 4.98 Å². The fourth-order valence-corrected chi connectivity index (χ4v) is 1.70.